The molecule has 0 saturated heterocycles. The summed E-state index contributed by atoms with van der Waals surface area (Å²) in [6, 6.07) is 29.4. The Hall–Kier alpha value is -4.71. The number of carbonyl (C=O) groups is 1. The van der Waals surface area contributed by atoms with Gasteiger partial charge in [-0.2, -0.15) is 9.78 Å². The molecule has 0 aliphatic heterocycles. The lowest BCUT2D eigenvalue weighted by Crippen LogP contribution is -2.26. The summed E-state index contributed by atoms with van der Waals surface area (Å²) >= 11 is 0. The van der Waals surface area contributed by atoms with Gasteiger partial charge in [0.05, 0.1) is 11.1 Å². The van der Waals surface area contributed by atoms with Crippen LogP contribution in [0.1, 0.15) is 10.5 Å². The molecule has 2 heterocycles. The third-order valence-electron chi connectivity index (χ3n) is 5.66. The largest absolute Gasteiger partial charge is 0.456 e. The van der Waals surface area contributed by atoms with E-state index in [9.17, 15) is 9.59 Å². The average molecular weight is 431 g/mol. The maximum Gasteiger partial charge on any atom is 0.279 e. The Morgan fingerprint density at radius 1 is 0.727 bits per heavy atom. The molecule has 6 rings (SSSR count). The molecule has 0 unspecified atom stereocenters. The van der Waals surface area contributed by atoms with E-state index < -0.39 is 5.91 Å². The highest BCUT2D eigenvalue weighted by molar-refractivity contribution is 6.12. The Balaban J connectivity index is 1.47. The van der Waals surface area contributed by atoms with Crippen molar-refractivity contribution in [1.82, 2.24) is 9.78 Å². The Labute approximate surface area is 187 Å². The van der Waals surface area contributed by atoms with Gasteiger partial charge in [0.25, 0.3) is 11.5 Å². The smallest absolute Gasteiger partial charge is 0.279 e. The molecule has 0 aliphatic rings. The van der Waals surface area contributed by atoms with Crippen LogP contribution in [-0.4, -0.2) is 15.7 Å². The van der Waals surface area contributed by atoms with Crippen molar-refractivity contribution in [1.29, 1.82) is 0 Å². The topological polar surface area (TPSA) is 77.1 Å². The summed E-state index contributed by atoms with van der Waals surface area (Å²) in [4.78, 5) is 26.4. The van der Waals surface area contributed by atoms with E-state index in [1.807, 2.05) is 54.6 Å². The number of nitrogens with zero attached hydrogens (tertiary/aromatic N) is 2. The lowest BCUT2D eigenvalue weighted by molar-refractivity contribution is 0.102. The van der Waals surface area contributed by atoms with Gasteiger partial charge < -0.3 is 9.73 Å². The average Bonchev–Trinajstić information content (AvgIpc) is 3.23. The normalized spacial score (nSPS) is 11.3. The minimum Gasteiger partial charge on any atom is -0.456 e. The molecular weight excluding hydrogens is 414 g/mol. The lowest BCUT2D eigenvalue weighted by Gasteiger charge is -2.11. The summed E-state index contributed by atoms with van der Waals surface area (Å²) < 4.78 is 7.14. The van der Waals surface area contributed by atoms with Crippen molar-refractivity contribution in [2.24, 2.45) is 0 Å². The molecule has 0 saturated carbocycles. The molecule has 0 spiro atoms. The van der Waals surface area contributed by atoms with Crippen LogP contribution in [0, 0.1) is 0 Å². The summed E-state index contributed by atoms with van der Waals surface area (Å²) in [5, 5.41) is 10.2. The van der Waals surface area contributed by atoms with Crippen molar-refractivity contribution in [2.45, 2.75) is 0 Å². The first-order chi connectivity index (χ1) is 16.2. The maximum absolute atomic E-state index is 13.3. The van der Waals surface area contributed by atoms with Crippen LogP contribution in [-0.2, 0) is 0 Å². The predicted molar refractivity (Wildman–Crippen MR) is 129 cm³/mol. The quantitative estimate of drug-likeness (QED) is 0.399. The first kappa shape index (κ1) is 19.0. The van der Waals surface area contributed by atoms with Crippen molar-refractivity contribution < 1.29 is 9.21 Å². The third kappa shape index (κ3) is 3.16. The molecule has 0 radical (unpaired) electrons. The fourth-order valence-corrected chi connectivity index (χ4v) is 4.10. The van der Waals surface area contributed by atoms with E-state index in [0.717, 1.165) is 21.9 Å². The highest BCUT2D eigenvalue weighted by atomic mass is 16.3. The van der Waals surface area contributed by atoms with Crippen molar-refractivity contribution in [3.8, 4) is 5.69 Å². The number of nitrogens with one attached hydrogen (secondary N) is 1. The van der Waals surface area contributed by atoms with Crippen LogP contribution in [0.5, 0.6) is 0 Å². The number of benzene rings is 4. The Morgan fingerprint density at radius 3 is 2.21 bits per heavy atom. The van der Waals surface area contributed by atoms with Crippen LogP contribution in [0.25, 0.3) is 38.4 Å². The number of para-hydroxylation sites is 2. The van der Waals surface area contributed by atoms with Gasteiger partial charge in [-0.05, 0) is 42.5 Å². The second-order valence-corrected chi connectivity index (χ2v) is 7.71. The summed E-state index contributed by atoms with van der Waals surface area (Å²) in [5.74, 6) is -0.400. The summed E-state index contributed by atoms with van der Waals surface area (Å²) in [5.41, 5.74) is 2.63. The molecular formula is C27H17N3O3. The van der Waals surface area contributed by atoms with Gasteiger partial charge in [0.2, 0.25) is 0 Å². The number of amides is 1. The van der Waals surface area contributed by atoms with Crippen LogP contribution in [0.2, 0.25) is 0 Å². The fraction of sp³-hybridized carbons (Fsp3) is 0. The van der Waals surface area contributed by atoms with Crippen molar-refractivity contribution in [2.75, 3.05) is 5.32 Å². The van der Waals surface area contributed by atoms with Gasteiger partial charge >= 0.3 is 0 Å². The number of rotatable bonds is 3. The second kappa shape index (κ2) is 7.46. The first-order valence-corrected chi connectivity index (χ1v) is 10.5. The molecule has 0 fully saturated rings. The number of anilines is 1. The SMILES string of the molecule is O=C(Nc1ccc2oc3ccccc3c2c1)c1nn(-c2ccccc2)c(=O)c2ccccc12. The highest BCUT2D eigenvalue weighted by Crippen LogP contribution is 2.30. The maximum atomic E-state index is 13.3. The lowest BCUT2D eigenvalue weighted by atomic mass is 10.1. The molecule has 158 valence electrons. The van der Waals surface area contributed by atoms with Crippen LogP contribution >= 0.6 is 0 Å². The third-order valence-corrected chi connectivity index (χ3v) is 5.66. The van der Waals surface area contributed by atoms with Gasteiger partial charge in [0.15, 0.2) is 5.69 Å². The van der Waals surface area contributed by atoms with E-state index in [-0.39, 0.29) is 11.3 Å². The molecule has 4 aromatic carbocycles. The molecule has 0 atom stereocenters. The molecule has 6 nitrogen and oxygen atoms in total. The molecule has 1 N–H and O–H groups in total. The Kier molecular flexibility index (Phi) is 4.30. The molecule has 6 aromatic rings. The van der Waals surface area contributed by atoms with Gasteiger partial charge in [-0.3, -0.25) is 9.59 Å². The van der Waals surface area contributed by atoms with Gasteiger partial charge in [-0.1, -0.05) is 54.6 Å². The molecule has 33 heavy (non-hydrogen) atoms. The number of aromatic nitrogens is 2. The standard InChI is InChI=1S/C27H17N3O3/c31-26(28-17-14-15-24-22(16-17)19-10-6-7-13-23(19)33-24)25-20-11-4-5-12-21(20)27(32)30(29-25)18-8-2-1-3-9-18/h1-16H,(H,28,31). The molecule has 0 aliphatic carbocycles. The number of hydrogen-bond acceptors (Lipinski definition) is 4. The van der Waals surface area contributed by atoms with Gasteiger partial charge in [-0.15, -0.1) is 0 Å². The zero-order valence-corrected chi connectivity index (χ0v) is 17.4. The van der Waals surface area contributed by atoms with E-state index in [1.165, 1.54) is 4.68 Å². The number of hydrogen-bond donors (Lipinski definition) is 1. The first-order valence-electron chi connectivity index (χ1n) is 10.5. The van der Waals surface area contributed by atoms with Crippen molar-refractivity contribution in [3.05, 3.63) is 113 Å². The van der Waals surface area contributed by atoms with E-state index in [1.54, 1.807) is 42.5 Å². The van der Waals surface area contributed by atoms with Gasteiger partial charge in [0.1, 0.15) is 11.2 Å². The Morgan fingerprint density at radius 2 is 1.39 bits per heavy atom. The van der Waals surface area contributed by atoms with E-state index >= 15 is 0 Å². The minimum absolute atomic E-state index is 0.172. The van der Waals surface area contributed by atoms with Crippen LogP contribution in [0.4, 0.5) is 5.69 Å². The van der Waals surface area contributed by atoms with Crippen molar-refractivity contribution >= 4 is 44.3 Å². The van der Waals surface area contributed by atoms with Crippen molar-refractivity contribution in [3.63, 3.8) is 0 Å². The zero-order chi connectivity index (χ0) is 22.4. The van der Waals surface area contributed by atoms with E-state index in [2.05, 4.69) is 10.4 Å². The molecule has 6 heteroatoms. The summed E-state index contributed by atoms with van der Waals surface area (Å²) in [7, 11) is 0. The highest BCUT2D eigenvalue weighted by Gasteiger charge is 2.18. The van der Waals surface area contributed by atoms with E-state index in [0.29, 0.717) is 22.1 Å². The second-order valence-electron chi connectivity index (χ2n) is 7.71. The number of fused-ring (bicyclic) bond motifs is 4. The van der Waals surface area contributed by atoms with E-state index in [4.69, 9.17) is 4.42 Å². The minimum atomic E-state index is -0.400. The van der Waals surface area contributed by atoms with Crippen LogP contribution < -0.4 is 10.9 Å². The summed E-state index contributed by atoms with van der Waals surface area (Å²) in [6.07, 6.45) is 0. The summed E-state index contributed by atoms with van der Waals surface area (Å²) in [6.45, 7) is 0. The predicted octanol–water partition coefficient (Wildman–Crippen LogP) is 5.54. The monoisotopic (exact) mass is 431 g/mol. The molecule has 2 aromatic heterocycles. The van der Waals surface area contributed by atoms with Gasteiger partial charge in [0, 0.05) is 21.8 Å². The fourth-order valence-electron chi connectivity index (χ4n) is 4.10. The molecule has 0 bridgehead atoms. The Bertz CT molecular complexity index is 1730. The number of carbonyl (C=O) groups excluding carboxylic acids is 1. The van der Waals surface area contributed by atoms with Crippen LogP contribution in [0.3, 0.4) is 0 Å². The number of furan rings is 1. The zero-order valence-electron chi connectivity index (χ0n) is 17.4. The molecule has 1 amide bonds. The van der Waals surface area contributed by atoms with Gasteiger partial charge in [-0.25, -0.2) is 0 Å². The van der Waals surface area contributed by atoms with Crippen LogP contribution in [0.15, 0.2) is 106 Å².